The van der Waals surface area contributed by atoms with E-state index in [1.165, 1.54) is 17.7 Å². The van der Waals surface area contributed by atoms with Gasteiger partial charge in [0.25, 0.3) is 0 Å². The molecule has 0 spiro atoms. The van der Waals surface area contributed by atoms with Gasteiger partial charge in [0.2, 0.25) is 5.91 Å². The number of aryl methyl sites for hydroxylation is 1. The molecule has 3 aromatic rings. The Morgan fingerprint density at radius 3 is 2.77 bits per heavy atom. The molecule has 0 atom stereocenters. The third-order valence-corrected chi connectivity index (χ3v) is 5.92. The number of ether oxygens (including phenoxy) is 2. The lowest BCUT2D eigenvalue weighted by Gasteiger charge is -2.10. The molecule has 1 amide bonds. The maximum atomic E-state index is 12.2. The molecule has 2 aromatic heterocycles. The Labute approximate surface area is 192 Å². The molecule has 0 aliphatic carbocycles. The quantitative estimate of drug-likeness (QED) is 0.256. The van der Waals surface area contributed by atoms with Gasteiger partial charge in [0.05, 0.1) is 23.6 Å². The number of rotatable bonds is 9. The highest BCUT2D eigenvalue weighted by atomic mass is 35.5. The van der Waals surface area contributed by atoms with Crippen LogP contribution in [0.5, 0.6) is 5.75 Å². The highest BCUT2D eigenvalue weighted by Crippen LogP contribution is 2.33. The minimum absolute atomic E-state index is 0.225. The molecule has 0 aliphatic heterocycles. The van der Waals surface area contributed by atoms with Crippen LogP contribution in [0.15, 0.2) is 24.5 Å². The maximum Gasteiger partial charge on any atom is 0.348 e. The molecule has 0 aliphatic rings. The molecule has 11 heteroatoms. The fourth-order valence-electron chi connectivity index (χ4n) is 2.76. The second-order valence-corrected chi connectivity index (χ2v) is 8.22. The number of fused-ring (bicyclic) bond motifs is 1. The van der Waals surface area contributed by atoms with Crippen molar-refractivity contribution in [3.63, 3.8) is 0 Å². The van der Waals surface area contributed by atoms with Crippen molar-refractivity contribution in [3.8, 4) is 5.75 Å². The third-order valence-electron chi connectivity index (χ3n) is 4.21. The average molecular weight is 483 g/mol. The molecule has 31 heavy (non-hydrogen) atoms. The Hall–Kier alpha value is -2.62. The van der Waals surface area contributed by atoms with Crippen LogP contribution in [0.4, 0.5) is 5.82 Å². The summed E-state index contributed by atoms with van der Waals surface area (Å²) < 4.78 is 10.7. The number of hydrogen-bond donors (Lipinski definition) is 2. The summed E-state index contributed by atoms with van der Waals surface area (Å²) in [5, 5.41) is 1.60. The summed E-state index contributed by atoms with van der Waals surface area (Å²) in [4.78, 5) is 33.8. The van der Waals surface area contributed by atoms with E-state index in [1.807, 2.05) is 0 Å². The van der Waals surface area contributed by atoms with E-state index < -0.39 is 5.97 Å². The molecular formula is C20H20Cl2N4O4S. The Morgan fingerprint density at radius 1 is 1.23 bits per heavy atom. The molecule has 2 N–H and O–H groups in total. The molecule has 8 nitrogen and oxygen atoms in total. The van der Waals surface area contributed by atoms with Crippen molar-refractivity contribution in [1.29, 1.82) is 0 Å². The molecule has 0 radical (unpaired) electrons. The van der Waals surface area contributed by atoms with E-state index in [0.717, 1.165) is 0 Å². The minimum atomic E-state index is -0.404. The van der Waals surface area contributed by atoms with Crippen LogP contribution < -0.4 is 15.6 Å². The lowest BCUT2D eigenvalue weighted by Crippen LogP contribution is -2.30. The number of nitrogens with zero attached hydrogens (tertiary/aromatic N) is 2. The van der Waals surface area contributed by atoms with Gasteiger partial charge in [-0.05, 0) is 44.0 Å². The van der Waals surface area contributed by atoms with Crippen LogP contribution in [0.1, 0.15) is 35.0 Å². The van der Waals surface area contributed by atoms with Crippen LogP contribution in [0.25, 0.3) is 10.2 Å². The molecule has 2 heterocycles. The number of carbonyl (C=O) groups excluding carboxylic acids is 2. The standard InChI is InChI=1S/C20H20Cl2N4O4S/c1-3-29-20(28)17-11(2)16-18(23-10-24-19(16)31-17)26-25-15(27)5-4-8-30-14-7-6-12(21)9-13(14)22/h6-7,9-10H,3-5,8H2,1-2H3,(H,25,27)(H,23,24,26). The molecule has 0 saturated carbocycles. The molecule has 0 saturated heterocycles. The van der Waals surface area contributed by atoms with Gasteiger partial charge >= 0.3 is 5.97 Å². The van der Waals surface area contributed by atoms with Crippen LogP contribution in [0, 0.1) is 6.92 Å². The maximum absolute atomic E-state index is 12.2. The summed E-state index contributed by atoms with van der Waals surface area (Å²) in [5.74, 6) is 0.278. The number of benzene rings is 1. The van der Waals surface area contributed by atoms with E-state index in [9.17, 15) is 9.59 Å². The number of esters is 1. The van der Waals surface area contributed by atoms with Gasteiger partial charge in [-0.15, -0.1) is 11.3 Å². The number of carbonyl (C=O) groups is 2. The topological polar surface area (TPSA) is 102 Å². The summed E-state index contributed by atoms with van der Waals surface area (Å²) in [7, 11) is 0. The first-order valence-corrected chi connectivity index (χ1v) is 11.0. The van der Waals surface area contributed by atoms with Gasteiger partial charge in [-0.2, -0.15) is 0 Å². The smallest absolute Gasteiger partial charge is 0.348 e. The number of amides is 1. The van der Waals surface area contributed by atoms with Crippen molar-refractivity contribution in [2.75, 3.05) is 18.6 Å². The van der Waals surface area contributed by atoms with Gasteiger partial charge in [-0.1, -0.05) is 23.2 Å². The molecule has 164 valence electrons. The first-order valence-electron chi connectivity index (χ1n) is 9.44. The monoisotopic (exact) mass is 482 g/mol. The second-order valence-electron chi connectivity index (χ2n) is 6.38. The van der Waals surface area contributed by atoms with Crippen LogP contribution in [-0.2, 0) is 9.53 Å². The predicted molar refractivity (Wildman–Crippen MR) is 121 cm³/mol. The van der Waals surface area contributed by atoms with Crippen molar-refractivity contribution >= 4 is 62.4 Å². The van der Waals surface area contributed by atoms with E-state index in [1.54, 1.807) is 32.0 Å². The lowest BCUT2D eigenvalue weighted by atomic mass is 10.2. The van der Waals surface area contributed by atoms with Crippen LogP contribution >= 0.6 is 34.5 Å². The first-order chi connectivity index (χ1) is 14.9. The van der Waals surface area contributed by atoms with E-state index in [-0.39, 0.29) is 18.9 Å². The summed E-state index contributed by atoms with van der Waals surface area (Å²) in [6.45, 7) is 4.14. The summed E-state index contributed by atoms with van der Waals surface area (Å²) in [6.07, 6.45) is 2.07. The zero-order valence-electron chi connectivity index (χ0n) is 16.8. The van der Waals surface area contributed by atoms with Gasteiger partial charge in [0, 0.05) is 11.4 Å². The number of hydrazine groups is 1. The fourth-order valence-corrected chi connectivity index (χ4v) is 4.26. The van der Waals surface area contributed by atoms with Gasteiger partial charge < -0.3 is 9.47 Å². The third kappa shape index (κ3) is 5.75. The highest BCUT2D eigenvalue weighted by Gasteiger charge is 2.20. The second kappa shape index (κ2) is 10.6. The van der Waals surface area contributed by atoms with Gasteiger partial charge in [-0.25, -0.2) is 14.8 Å². The fraction of sp³-hybridized carbons (Fsp3) is 0.300. The first kappa shape index (κ1) is 23.1. The Morgan fingerprint density at radius 2 is 2.03 bits per heavy atom. The van der Waals surface area contributed by atoms with Crippen molar-refractivity contribution in [2.45, 2.75) is 26.7 Å². The van der Waals surface area contributed by atoms with Crippen LogP contribution in [0.3, 0.4) is 0 Å². The molecule has 0 bridgehead atoms. The number of halogens is 2. The molecule has 0 fully saturated rings. The van der Waals surface area contributed by atoms with Crippen molar-refractivity contribution < 1.29 is 19.1 Å². The SMILES string of the molecule is CCOC(=O)c1sc2ncnc(NNC(=O)CCCOc3ccc(Cl)cc3Cl)c2c1C. The summed E-state index contributed by atoms with van der Waals surface area (Å²) in [5.41, 5.74) is 6.12. The number of thiophene rings is 1. The largest absolute Gasteiger partial charge is 0.492 e. The van der Waals surface area contributed by atoms with Crippen LogP contribution in [0.2, 0.25) is 10.0 Å². The molecule has 0 unspecified atom stereocenters. The number of hydrogen-bond acceptors (Lipinski definition) is 8. The highest BCUT2D eigenvalue weighted by molar-refractivity contribution is 7.20. The zero-order valence-corrected chi connectivity index (χ0v) is 19.2. The number of nitrogens with one attached hydrogen (secondary N) is 2. The normalized spacial score (nSPS) is 10.7. The van der Waals surface area contributed by atoms with Crippen molar-refractivity contribution in [2.24, 2.45) is 0 Å². The molecule has 1 aromatic carbocycles. The average Bonchev–Trinajstić information content (AvgIpc) is 3.08. The van der Waals surface area contributed by atoms with Gasteiger partial charge in [-0.3, -0.25) is 15.6 Å². The van der Waals surface area contributed by atoms with Gasteiger partial charge in [0.1, 0.15) is 21.8 Å². The van der Waals surface area contributed by atoms with Crippen molar-refractivity contribution in [3.05, 3.63) is 45.0 Å². The van der Waals surface area contributed by atoms with E-state index >= 15 is 0 Å². The molecular weight excluding hydrogens is 463 g/mol. The van der Waals surface area contributed by atoms with E-state index in [4.69, 9.17) is 32.7 Å². The Kier molecular flexibility index (Phi) is 7.89. The minimum Gasteiger partial charge on any atom is -0.492 e. The Bertz CT molecular complexity index is 1110. The van der Waals surface area contributed by atoms with Gasteiger partial charge in [0.15, 0.2) is 5.82 Å². The van der Waals surface area contributed by atoms with E-state index in [0.29, 0.717) is 55.3 Å². The van der Waals surface area contributed by atoms with Crippen molar-refractivity contribution in [1.82, 2.24) is 15.4 Å². The molecule has 3 rings (SSSR count). The van der Waals surface area contributed by atoms with E-state index in [2.05, 4.69) is 20.8 Å². The summed E-state index contributed by atoms with van der Waals surface area (Å²) in [6, 6.07) is 4.96. The van der Waals surface area contributed by atoms with Crippen LogP contribution in [-0.4, -0.2) is 35.1 Å². The number of anilines is 1. The zero-order chi connectivity index (χ0) is 22.4. The predicted octanol–water partition coefficient (Wildman–Crippen LogP) is 4.79. The summed E-state index contributed by atoms with van der Waals surface area (Å²) >= 11 is 13.1. The number of aromatic nitrogens is 2. The Balaban J connectivity index is 1.54. The lowest BCUT2D eigenvalue weighted by molar-refractivity contribution is -0.120.